The molecule has 2 fully saturated rings. The van der Waals surface area contributed by atoms with Crippen LogP contribution in [0.4, 0.5) is 18.0 Å². The lowest BCUT2D eigenvalue weighted by molar-refractivity contribution is -0.182. The van der Waals surface area contributed by atoms with Crippen molar-refractivity contribution in [2.75, 3.05) is 13.1 Å². The average Bonchev–Trinajstić information content (AvgIpc) is 3.15. The van der Waals surface area contributed by atoms with Gasteiger partial charge in [-0.1, -0.05) is 6.92 Å². The largest absolute Gasteiger partial charge is 0.444 e. The zero-order valence-corrected chi connectivity index (χ0v) is 20.7. The normalized spacial score (nSPS) is 26.6. The zero-order valence-electron chi connectivity index (χ0n) is 20.7. The molecule has 0 unspecified atom stereocenters. The van der Waals surface area contributed by atoms with E-state index in [2.05, 4.69) is 11.9 Å². The van der Waals surface area contributed by atoms with Crippen molar-refractivity contribution in [1.29, 1.82) is 0 Å². The molecule has 2 atom stereocenters. The fraction of sp³-hybridized carbons (Fsp3) is 0.720. The highest BCUT2D eigenvalue weighted by molar-refractivity contribution is 5.68. The maximum Gasteiger partial charge on any atom is 0.410 e. The van der Waals surface area contributed by atoms with Gasteiger partial charge in [-0.2, -0.15) is 18.3 Å². The molecule has 1 saturated heterocycles. The van der Waals surface area contributed by atoms with E-state index in [1.54, 1.807) is 4.90 Å². The van der Waals surface area contributed by atoms with Gasteiger partial charge in [0.2, 0.25) is 0 Å². The van der Waals surface area contributed by atoms with Gasteiger partial charge in [-0.3, -0.25) is 0 Å². The molecule has 2 aromatic heterocycles. The van der Waals surface area contributed by atoms with Gasteiger partial charge in [-0.15, -0.1) is 0 Å². The fourth-order valence-corrected chi connectivity index (χ4v) is 5.27. The molecule has 3 heterocycles. The predicted octanol–water partition coefficient (Wildman–Crippen LogP) is 6.23. The number of rotatable bonds is 2. The van der Waals surface area contributed by atoms with E-state index < -0.39 is 17.7 Å². The van der Waals surface area contributed by atoms with Crippen LogP contribution in [0.2, 0.25) is 0 Å². The first-order valence-electron chi connectivity index (χ1n) is 12.2. The number of fused-ring (bicyclic) bond motifs is 1. The van der Waals surface area contributed by atoms with E-state index >= 15 is 0 Å². The Morgan fingerprint density at radius 3 is 2.38 bits per heavy atom. The van der Waals surface area contributed by atoms with Crippen LogP contribution in [0.15, 0.2) is 12.1 Å². The van der Waals surface area contributed by atoms with Gasteiger partial charge >= 0.3 is 12.3 Å². The van der Waals surface area contributed by atoms with Crippen LogP contribution in [0, 0.1) is 18.8 Å². The number of hydrogen-bond donors (Lipinski definition) is 0. The molecular formula is C25H35F3N4O2. The number of carbonyl (C=O) groups excluding carboxylic acids is 1. The van der Waals surface area contributed by atoms with E-state index in [0.717, 1.165) is 23.5 Å². The topological polar surface area (TPSA) is 59.7 Å². The summed E-state index contributed by atoms with van der Waals surface area (Å²) in [4.78, 5) is 19.1. The number of amides is 1. The Morgan fingerprint density at radius 2 is 1.76 bits per heavy atom. The number of aryl methyl sites for hydroxylation is 1. The third kappa shape index (κ3) is 5.33. The van der Waals surface area contributed by atoms with Crippen molar-refractivity contribution in [2.24, 2.45) is 11.8 Å². The first kappa shape index (κ1) is 24.8. The SMILES string of the molecule is Cc1cc([C@@H]2CN(C(=O)OC(C)(C)C)CC[C@H]2C)n2nc(C3CCC(C(F)(F)F)CC3)cc2n1. The highest BCUT2D eigenvalue weighted by atomic mass is 19.4. The van der Waals surface area contributed by atoms with Crippen LogP contribution < -0.4 is 0 Å². The smallest absolute Gasteiger partial charge is 0.410 e. The highest BCUT2D eigenvalue weighted by Crippen LogP contribution is 2.43. The number of ether oxygens (including phenoxy) is 1. The van der Waals surface area contributed by atoms with Gasteiger partial charge in [-0.25, -0.2) is 14.3 Å². The van der Waals surface area contributed by atoms with Gasteiger partial charge in [0.25, 0.3) is 0 Å². The maximum absolute atomic E-state index is 13.1. The minimum Gasteiger partial charge on any atom is -0.444 e. The highest BCUT2D eigenvalue weighted by Gasteiger charge is 2.42. The molecule has 188 valence electrons. The number of alkyl halides is 3. The second-order valence-electron chi connectivity index (χ2n) is 11.1. The summed E-state index contributed by atoms with van der Waals surface area (Å²) in [5.41, 5.74) is 2.81. The lowest BCUT2D eigenvalue weighted by Crippen LogP contribution is -2.45. The van der Waals surface area contributed by atoms with Crippen LogP contribution in [0.3, 0.4) is 0 Å². The van der Waals surface area contributed by atoms with Gasteiger partial charge in [-0.05, 0) is 71.8 Å². The molecule has 1 aliphatic carbocycles. The van der Waals surface area contributed by atoms with Crippen molar-refractivity contribution in [1.82, 2.24) is 19.5 Å². The number of hydrogen-bond acceptors (Lipinski definition) is 4. The Kier molecular flexibility index (Phi) is 6.59. The first-order valence-corrected chi connectivity index (χ1v) is 12.2. The maximum atomic E-state index is 13.1. The molecule has 4 rings (SSSR count). The van der Waals surface area contributed by atoms with Crippen LogP contribution in [-0.2, 0) is 4.74 Å². The summed E-state index contributed by atoms with van der Waals surface area (Å²) < 4.78 is 46.7. The van der Waals surface area contributed by atoms with E-state index in [4.69, 9.17) is 9.84 Å². The quantitative estimate of drug-likeness (QED) is 0.511. The summed E-state index contributed by atoms with van der Waals surface area (Å²) in [6.07, 6.45) is -2.33. The second-order valence-corrected chi connectivity index (χ2v) is 11.1. The van der Waals surface area contributed by atoms with Gasteiger partial charge in [0.05, 0.1) is 17.3 Å². The zero-order chi connectivity index (χ0) is 24.8. The van der Waals surface area contributed by atoms with Gasteiger partial charge in [0, 0.05) is 36.7 Å². The van der Waals surface area contributed by atoms with Crippen molar-refractivity contribution in [3.8, 4) is 0 Å². The van der Waals surface area contributed by atoms with E-state index in [-0.39, 0.29) is 30.8 Å². The molecule has 0 spiro atoms. The Morgan fingerprint density at radius 1 is 1.09 bits per heavy atom. The molecule has 2 aromatic rings. The minimum atomic E-state index is -4.12. The molecule has 9 heteroatoms. The average molecular weight is 481 g/mol. The Bertz CT molecular complexity index is 1040. The third-order valence-corrected chi connectivity index (χ3v) is 7.20. The van der Waals surface area contributed by atoms with Gasteiger partial charge in [0.15, 0.2) is 5.65 Å². The summed E-state index contributed by atoms with van der Waals surface area (Å²) in [6, 6.07) is 3.94. The van der Waals surface area contributed by atoms with E-state index in [1.807, 2.05) is 44.3 Å². The summed E-state index contributed by atoms with van der Waals surface area (Å²) >= 11 is 0. The number of nitrogens with zero attached hydrogens (tertiary/aromatic N) is 4. The molecule has 0 bridgehead atoms. The standard InChI is InChI=1S/C25H35F3N4O2/c1-15-10-11-31(23(33)34-24(3,4)5)14-19(15)21-12-16(2)29-22-13-20(30-32(21)22)17-6-8-18(9-7-17)25(26,27)28/h12-13,15,17-19H,6-11,14H2,1-5H3/t15-,17?,18?,19-/m1/s1. The fourth-order valence-electron chi connectivity index (χ4n) is 5.27. The molecule has 0 aromatic carbocycles. The predicted molar refractivity (Wildman–Crippen MR) is 123 cm³/mol. The van der Waals surface area contributed by atoms with Gasteiger partial charge < -0.3 is 9.64 Å². The Labute approximate surface area is 198 Å². The molecule has 1 aliphatic heterocycles. The van der Waals surface area contributed by atoms with E-state index in [0.29, 0.717) is 37.5 Å². The van der Waals surface area contributed by atoms with Crippen molar-refractivity contribution in [3.63, 3.8) is 0 Å². The van der Waals surface area contributed by atoms with Crippen LogP contribution >= 0.6 is 0 Å². The molecule has 34 heavy (non-hydrogen) atoms. The summed E-state index contributed by atoms with van der Waals surface area (Å²) in [7, 11) is 0. The molecule has 2 aliphatic rings. The number of likely N-dealkylation sites (tertiary alicyclic amines) is 1. The summed E-state index contributed by atoms with van der Waals surface area (Å²) in [6.45, 7) is 10.9. The second kappa shape index (κ2) is 9.04. The Hall–Kier alpha value is -2.32. The molecule has 0 radical (unpaired) electrons. The lowest BCUT2D eigenvalue weighted by atomic mass is 9.80. The van der Waals surface area contributed by atoms with E-state index in [1.165, 1.54) is 0 Å². The van der Waals surface area contributed by atoms with E-state index in [9.17, 15) is 18.0 Å². The number of aromatic nitrogens is 3. The number of carbonyl (C=O) groups is 1. The number of halogens is 3. The van der Waals surface area contributed by atoms with Crippen LogP contribution in [0.5, 0.6) is 0 Å². The van der Waals surface area contributed by atoms with Crippen LogP contribution in [0.1, 0.15) is 88.7 Å². The molecule has 0 N–H and O–H groups in total. The van der Waals surface area contributed by atoms with Crippen molar-refractivity contribution < 1.29 is 22.7 Å². The summed E-state index contributed by atoms with van der Waals surface area (Å²) in [5, 5.41) is 4.84. The van der Waals surface area contributed by atoms with Crippen LogP contribution in [-0.4, -0.2) is 50.5 Å². The monoisotopic (exact) mass is 480 g/mol. The molecule has 1 amide bonds. The minimum absolute atomic E-state index is 0.00972. The van der Waals surface area contributed by atoms with Crippen molar-refractivity contribution in [2.45, 2.75) is 90.3 Å². The third-order valence-electron chi connectivity index (χ3n) is 7.20. The molecule has 1 saturated carbocycles. The van der Waals surface area contributed by atoms with Crippen LogP contribution in [0.25, 0.3) is 5.65 Å². The molecular weight excluding hydrogens is 445 g/mol. The number of piperidine rings is 1. The Balaban J connectivity index is 1.59. The first-order chi connectivity index (χ1) is 15.8. The van der Waals surface area contributed by atoms with Crippen molar-refractivity contribution in [3.05, 3.63) is 29.2 Å². The molecule has 6 nitrogen and oxygen atoms in total. The van der Waals surface area contributed by atoms with Gasteiger partial charge in [0.1, 0.15) is 5.60 Å². The van der Waals surface area contributed by atoms with Crippen molar-refractivity contribution >= 4 is 11.7 Å². The lowest BCUT2D eigenvalue weighted by Gasteiger charge is -2.38. The summed E-state index contributed by atoms with van der Waals surface area (Å²) in [5.74, 6) is -0.813.